The van der Waals surface area contributed by atoms with Crippen LogP contribution in [-0.2, 0) is 14.3 Å². The van der Waals surface area contributed by atoms with Gasteiger partial charge in [0.15, 0.2) is 0 Å². The molecule has 4 rings (SSSR count). The minimum absolute atomic E-state index is 0.0278. The Morgan fingerprint density at radius 3 is 2.74 bits per heavy atom. The molecule has 1 N–H and O–H groups in total. The number of hydrogen-bond donors (Lipinski definition) is 1. The zero-order valence-electron chi connectivity index (χ0n) is 15.1. The molecule has 6 heteroatoms. The molecule has 2 aliphatic heterocycles. The molecule has 0 spiro atoms. The van der Waals surface area contributed by atoms with E-state index in [9.17, 15) is 9.59 Å². The number of ether oxygens (including phenoxy) is 2. The molecule has 4 atom stereocenters. The molecular formula is C21H22N2O4. The maximum Gasteiger partial charge on any atom is 0.338 e. The lowest BCUT2D eigenvalue weighted by atomic mass is 9.75. The zero-order chi connectivity index (χ0) is 18.8. The Kier molecular flexibility index (Phi) is 4.90. The first-order chi connectivity index (χ1) is 13.2. The van der Waals surface area contributed by atoms with Gasteiger partial charge in [-0.15, -0.1) is 0 Å². The van der Waals surface area contributed by atoms with Gasteiger partial charge in [0.1, 0.15) is 0 Å². The van der Waals surface area contributed by atoms with Crippen molar-refractivity contribution in [2.75, 3.05) is 11.9 Å². The van der Waals surface area contributed by atoms with Crippen LogP contribution in [0.4, 0.5) is 5.69 Å². The number of amides is 1. The molecule has 1 aromatic heterocycles. The molecule has 0 unspecified atom stereocenters. The van der Waals surface area contributed by atoms with Crippen molar-refractivity contribution in [3.05, 3.63) is 59.9 Å². The number of anilines is 1. The van der Waals surface area contributed by atoms with Crippen molar-refractivity contribution in [3.63, 3.8) is 0 Å². The average molecular weight is 366 g/mol. The number of pyridine rings is 1. The van der Waals surface area contributed by atoms with Crippen molar-refractivity contribution in [1.82, 2.24) is 4.98 Å². The number of nitrogens with zero attached hydrogens (tertiary/aromatic N) is 1. The van der Waals surface area contributed by atoms with Gasteiger partial charge in [-0.05, 0) is 55.7 Å². The molecule has 140 valence electrons. The Bertz CT molecular complexity index is 839. The molecule has 1 amide bonds. The van der Waals surface area contributed by atoms with Crippen molar-refractivity contribution in [1.29, 1.82) is 0 Å². The fourth-order valence-electron chi connectivity index (χ4n) is 4.18. The van der Waals surface area contributed by atoms with Crippen LogP contribution in [0.3, 0.4) is 0 Å². The summed E-state index contributed by atoms with van der Waals surface area (Å²) in [6.07, 6.45) is 5.37. The van der Waals surface area contributed by atoms with Gasteiger partial charge in [-0.1, -0.05) is 6.07 Å². The number of rotatable bonds is 5. The number of benzene rings is 1. The van der Waals surface area contributed by atoms with Gasteiger partial charge >= 0.3 is 5.97 Å². The van der Waals surface area contributed by atoms with E-state index >= 15 is 0 Å². The molecule has 0 radical (unpaired) electrons. The van der Waals surface area contributed by atoms with Gasteiger partial charge in [-0.3, -0.25) is 9.78 Å². The first kappa shape index (κ1) is 17.7. The van der Waals surface area contributed by atoms with Crippen LogP contribution in [-0.4, -0.2) is 35.7 Å². The SMILES string of the molecule is CCOC(=O)c1cccc(NC(=O)[C@H]2[C@H](c3ccncc3)[C@@H]3CC[C@H]2O3)c1. The molecule has 1 aromatic carbocycles. The topological polar surface area (TPSA) is 77.5 Å². The van der Waals surface area contributed by atoms with Crippen LogP contribution in [0.15, 0.2) is 48.8 Å². The summed E-state index contributed by atoms with van der Waals surface area (Å²) in [5.41, 5.74) is 2.09. The van der Waals surface area contributed by atoms with Crippen LogP contribution in [0.5, 0.6) is 0 Å². The lowest BCUT2D eigenvalue weighted by Gasteiger charge is -2.27. The first-order valence-electron chi connectivity index (χ1n) is 9.31. The van der Waals surface area contributed by atoms with Gasteiger partial charge in [0, 0.05) is 24.0 Å². The Hall–Kier alpha value is -2.73. The molecule has 2 saturated heterocycles. The molecular weight excluding hydrogens is 344 g/mol. The van der Waals surface area contributed by atoms with E-state index in [-0.39, 0.29) is 30.0 Å². The van der Waals surface area contributed by atoms with Crippen molar-refractivity contribution < 1.29 is 19.1 Å². The summed E-state index contributed by atoms with van der Waals surface area (Å²) in [6.45, 7) is 2.07. The third kappa shape index (κ3) is 3.45. The van der Waals surface area contributed by atoms with Crippen LogP contribution >= 0.6 is 0 Å². The van der Waals surface area contributed by atoms with E-state index in [0.29, 0.717) is 17.9 Å². The van der Waals surface area contributed by atoms with E-state index in [1.807, 2.05) is 12.1 Å². The molecule has 2 bridgehead atoms. The number of carbonyl (C=O) groups is 2. The number of carbonyl (C=O) groups excluding carboxylic acids is 2. The predicted molar refractivity (Wildman–Crippen MR) is 99.4 cm³/mol. The molecule has 2 aliphatic rings. The van der Waals surface area contributed by atoms with E-state index in [1.165, 1.54) is 0 Å². The molecule has 2 fully saturated rings. The largest absolute Gasteiger partial charge is 0.462 e. The standard InChI is InChI=1S/C21H22N2O4/c1-2-26-21(25)14-4-3-5-15(12-14)23-20(24)19-17-7-6-16(27-17)18(19)13-8-10-22-11-9-13/h3-5,8-12,16-19H,2,6-7H2,1H3,(H,23,24)/t16-,17+,18+,19+/m0/s1. The van der Waals surface area contributed by atoms with Crippen molar-refractivity contribution in [2.24, 2.45) is 5.92 Å². The zero-order valence-corrected chi connectivity index (χ0v) is 15.1. The predicted octanol–water partition coefficient (Wildman–Crippen LogP) is 3.16. The number of hydrogen-bond acceptors (Lipinski definition) is 5. The summed E-state index contributed by atoms with van der Waals surface area (Å²) < 4.78 is 11.1. The van der Waals surface area contributed by atoms with E-state index < -0.39 is 5.97 Å². The minimum Gasteiger partial charge on any atom is -0.462 e. The maximum absolute atomic E-state index is 13.1. The molecule has 6 nitrogen and oxygen atoms in total. The molecule has 0 saturated carbocycles. The molecule has 27 heavy (non-hydrogen) atoms. The van der Waals surface area contributed by atoms with E-state index in [2.05, 4.69) is 10.3 Å². The second-order valence-electron chi connectivity index (χ2n) is 6.91. The average Bonchev–Trinajstić information content (AvgIpc) is 3.30. The fraction of sp³-hybridized carbons (Fsp3) is 0.381. The summed E-state index contributed by atoms with van der Waals surface area (Å²) in [5, 5.41) is 2.96. The number of fused-ring (bicyclic) bond motifs is 2. The van der Waals surface area contributed by atoms with Gasteiger partial charge in [0.05, 0.1) is 30.3 Å². The molecule has 3 heterocycles. The quantitative estimate of drug-likeness (QED) is 0.823. The molecule has 0 aliphatic carbocycles. The lowest BCUT2D eigenvalue weighted by molar-refractivity contribution is -0.121. The van der Waals surface area contributed by atoms with E-state index in [0.717, 1.165) is 18.4 Å². The highest BCUT2D eigenvalue weighted by molar-refractivity contribution is 5.96. The van der Waals surface area contributed by atoms with Crippen molar-refractivity contribution >= 4 is 17.6 Å². The van der Waals surface area contributed by atoms with Gasteiger partial charge in [-0.2, -0.15) is 0 Å². The first-order valence-corrected chi connectivity index (χ1v) is 9.31. The monoisotopic (exact) mass is 366 g/mol. The van der Waals surface area contributed by atoms with Gasteiger partial charge < -0.3 is 14.8 Å². The maximum atomic E-state index is 13.1. The van der Waals surface area contributed by atoms with Gasteiger partial charge in [-0.25, -0.2) is 4.79 Å². The third-order valence-corrected chi connectivity index (χ3v) is 5.31. The highest BCUT2D eigenvalue weighted by Gasteiger charge is 2.52. The Labute approximate surface area is 157 Å². The van der Waals surface area contributed by atoms with Gasteiger partial charge in [0.2, 0.25) is 5.91 Å². The minimum atomic E-state index is -0.397. The van der Waals surface area contributed by atoms with Crippen molar-refractivity contribution in [3.8, 4) is 0 Å². The molecule has 2 aromatic rings. The summed E-state index contributed by atoms with van der Waals surface area (Å²) in [7, 11) is 0. The van der Waals surface area contributed by atoms with E-state index in [4.69, 9.17) is 9.47 Å². The third-order valence-electron chi connectivity index (χ3n) is 5.31. The van der Waals surface area contributed by atoms with Crippen molar-refractivity contribution in [2.45, 2.75) is 37.9 Å². The van der Waals surface area contributed by atoms with E-state index in [1.54, 1.807) is 43.6 Å². The summed E-state index contributed by atoms with van der Waals surface area (Å²) in [5.74, 6) is -0.700. The van der Waals surface area contributed by atoms with Crippen LogP contribution in [0.2, 0.25) is 0 Å². The number of nitrogens with one attached hydrogen (secondary N) is 1. The Morgan fingerprint density at radius 2 is 1.96 bits per heavy atom. The fourth-order valence-corrected chi connectivity index (χ4v) is 4.18. The highest BCUT2D eigenvalue weighted by atomic mass is 16.5. The number of esters is 1. The smallest absolute Gasteiger partial charge is 0.338 e. The Morgan fingerprint density at radius 1 is 1.19 bits per heavy atom. The summed E-state index contributed by atoms with van der Waals surface area (Å²) in [4.78, 5) is 29.1. The summed E-state index contributed by atoms with van der Waals surface area (Å²) in [6, 6.07) is 10.7. The Balaban J connectivity index is 1.54. The van der Waals surface area contributed by atoms with Gasteiger partial charge in [0.25, 0.3) is 0 Å². The van der Waals surface area contributed by atoms with Crippen LogP contribution in [0.25, 0.3) is 0 Å². The van der Waals surface area contributed by atoms with Crippen LogP contribution in [0, 0.1) is 5.92 Å². The summed E-state index contributed by atoms with van der Waals surface area (Å²) >= 11 is 0. The normalized spacial score (nSPS) is 26.0. The number of aromatic nitrogens is 1. The second kappa shape index (κ2) is 7.48. The van der Waals surface area contributed by atoms with Crippen LogP contribution in [0.1, 0.15) is 41.6 Å². The lowest BCUT2D eigenvalue weighted by Crippen LogP contribution is -2.36. The highest BCUT2D eigenvalue weighted by Crippen LogP contribution is 2.49. The van der Waals surface area contributed by atoms with Crippen LogP contribution < -0.4 is 5.32 Å². The second-order valence-corrected chi connectivity index (χ2v) is 6.91.